The van der Waals surface area contributed by atoms with E-state index in [0.717, 1.165) is 11.1 Å². The van der Waals surface area contributed by atoms with Crippen LogP contribution in [0.25, 0.3) is 0 Å². The van der Waals surface area contributed by atoms with Crippen LogP contribution in [0.3, 0.4) is 0 Å². The van der Waals surface area contributed by atoms with Crippen LogP contribution >= 0.6 is 11.3 Å². The molecule has 0 bridgehead atoms. The van der Waals surface area contributed by atoms with Gasteiger partial charge in [0, 0.05) is 6.54 Å². The molecule has 1 aromatic carbocycles. The second kappa shape index (κ2) is 6.74. The van der Waals surface area contributed by atoms with Crippen molar-refractivity contribution in [1.29, 1.82) is 0 Å². The molecule has 1 aromatic heterocycles. The molecule has 0 aliphatic carbocycles. The van der Waals surface area contributed by atoms with E-state index in [1.165, 1.54) is 16.9 Å². The van der Waals surface area contributed by atoms with Crippen molar-refractivity contribution < 1.29 is 9.90 Å². The molecule has 3 N–H and O–H groups in total. The van der Waals surface area contributed by atoms with Crippen LogP contribution in [0, 0.1) is 6.92 Å². The number of aryl methyl sites for hydroxylation is 1. The lowest BCUT2D eigenvalue weighted by Gasteiger charge is -2.22. The third-order valence-electron chi connectivity index (χ3n) is 3.31. The quantitative estimate of drug-likeness (QED) is 0.795. The molecule has 2 amide bonds. The number of hydrogen-bond donors (Lipinski definition) is 3. The Labute approximate surface area is 128 Å². The predicted molar refractivity (Wildman–Crippen MR) is 85.3 cm³/mol. The Morgan fingerprint density at radius 2 is 1.95 bits per heavy atom. The summed E-state index contributed by atoms with van der Waals surface area (Å²) in [5.74, 6) is 0. The van der Waals surface area contributed by atoms with Crippen LogP contribution in [-0.4, -0.2) is 17.7 Å². The Bertz CT molecular complexity index is 577. The number of rotatable bonds is 5. The van der Waals surface area contributed by atoms with Gasteiger partial charge in [0.1, 0.15) is 5.60 Å². The summed E-state index contributed by atoms with van der Waals surface area (Å²) < 4.78 is 0. The van der Waals surface area contributed by atoms with Crippen molar-refractivity contribution in [1.82, 2.24) is 10.6 Å². The Morgan fingerprint density at radius 3 is 2.57 bits per heavy atom. The van der Waals surface area contributed by atoms with Crippen LogP contribution in [0.2, 0.25) is 0 Å². The number of hydrogen-bond acceptors (Lipinski definition) is 3. The fraction of sp³-hybridized carbons (Fsp3) is 0.312. The van der Waals surface area contributed by atoms with Gasteiger partial charge in [0.25, 0.3) is 0 Å². The molecule has 2 aromatic rings. The molecule has 0 aliphatic heterocycles. The predicted octanol–water partition coefficient (Wildman–Crippen LogP) is 2.76. The van der Waals surface area contributed by atoms with Crippen molar-refractivity contribution >= 4 is 17.4 Å². The largest absolute Gasteiger partial charge is 0.384 e. The molecule has 0 aliphatic rings. The van der Waals surface area contributed by atoms with E-state index in [1.807, 2.05) is 48.0 Å². The van der Waals surface area contributed by atoms with Gasteiger partial charge in [0.2, 0.25) is 0 Å². The summed E-state index contributed by atoms with van der Waals surface area (Å²) in [4.78, 5) is 11.8. The van der Waals surface area contributed by atoms with Crippen LogP contribution in [0.15, 0.2) is 41.1 Å². The molecule has 0 saturated carbocycles. The van der Waals surface area contributed by atoms with Crippen molar-refractivity contribution in [3.05, 3.63) is 57.8 Å². The van der Waals surface area contributed by atoms with E-state index in [-0.39, 0.29) is 12.6 Å². The van der Waals surface area contributed by atoms with E-state index in [9.17, 15) is 9.90 Å². The molecule has 1 atom stereocenters. The lowest BCUT2D eigenvalue weighted by Crippen LogP contribution is -2.43. The fourth-order valence-electron chi connectivity index (χ4n) is 1.88. The molecule has 1 unspecified atom stereocenters. The first-order chi connectivity index (χ1) is 9.97. The number of amides is 2. The second-order valence-electron chi connectivity index (χ2n) is 5.31. The van der Waals surface area contributed by atoms with Gasteiger partial charge < -0.3 is 15.7 Å². The van der Waals surface area contributed by atoms with Crippen LogP contribution in [0.1, 0.15) is 23.6 Å². The monoisotopic (exact) mass is 304 g/mol. The number of urea groups is 1. The summed E-state index contributed by atoms with van der Waals surface area (Å²) in [7, 11) is 0. The standard InChI is InChI=1S/C16H20N2O2S/c1-12-3-5-13(6-4-12)9-17-15(19)18-11-16(2,20)14-7-8-21-10-14/h3-8,10,20H,9,11H2,1-2H3,(H2,17,18,19). The number of carbonyl (C=O) groups excluding carboxylic acids is 1. The maximum absolute atomic E-state index is 11.8. The summed E-state index contributed by atoms with van der Waals surface area (Å²) in [6, 6.07) is 9.56. The third-order valence-corrected chi connectivity index (χ3v) is 3.99. The van der Waals surface area contributed by atoms with Crippen LogP contribution in [-0.2, 0) is 12.1 Å². The normalized spacial score (nSPS) is 13.5. The van der Waals surface area contributed by atoms with E-state index < -0.39 is 5.60 Å². The first-order valence-electron chi connectivity index (χ1n) is 6.80. The Balaban J connectivity index is 1.78. The molecule has 0 fully saturated rings. The minimum Gasteiger partial charge on any atom is -0.384 e. The summed E-state index contributed by atoms with van der Waals surface area (Å²) in [5, 5.41) is 19.6. The van der Waals surface area contributed by atoms with Crippen molar-refractivity contribution in [2.24, 2.45) is 0 Å². The number of thiophene rings is 1. The van der Waals surface area contributed by atoms with Crippen molar-refractivity contribution in [2.75, 3.05) is 6.54 Å². The highest BCUT2D eigenvalue weighted by molar-refractivity contribution is 7.08. The Kier molecular flexibility index (Phi) is 4.98. The first kappa shape index (κ1) is 15.5. The van der Waals surface area contributed by atoms with Gasteiger partial charge in [-0.25, -0.2) is 4.79 Å². The second-order valence-corrected chi connectivity index (χ2v) is 6.09. The molecule has 5 heteroatoms. The molecule has 4 nitrogen and oxygen atoms in total. The first-order valence-corrected chi connectivity index (χ1v) is 7.74. The fourth-order valence-corrected chi connectivity index (χ4v) is 2.66. The number of aliphatic hydroxyl groups is 1. The van der Waals surface area contributed by atoms with Gasteiger partial charge in [0.05, 0.1) is 6.54 Å². The lowest BCUT2D eigenvalue weighted by atomic mass is 9.99. The summed E-state index contributed by atoms with van der Waals surface area (Å²) in [5.41, 5.74) is 1.99. The minimum absolute atomic E-state index is 0.170. The van der Waals surface area contributed by atoms with Crippen molar-refractivity contribution in [2.45, 2.75) is 26.0 Å². The SMILES string of the molecule is Cc1ccc(CNC(=O)NCC(C)(O)c2ccsc2)cc1. The molecule has 0 radical (unpaired) electrons. The molecule has 1 heterocycles. The average Bonchev–Trinajstić information content (AvgIpc) is 3.00. The highest BCUT2D eigenvalue weighted by atomic mass is 32.1. The van der Waals surface area contributed by atoms with Gasteiger partial charge in [-0.05, 0) is 41.8 Å². The zero-order chi connectivity index (χ0) is 15.3. The van der Waals surface area contributed by atoms with Crippen LogP contribution in [0.5, 0.6) is 0 Å². The number of carbonyl (C=O) groups is 1. The Morgan fingerprint density at radius 1 is 1.24 bits per heavy atom. The molecular formula is C16H20N2O2S. The van der Waals surface area contributed by atoms with Crippen LogP contribution in [0.4, 0.5) is 4.79 Å². The van der Waals surface area contributed by atoms with E-state index in [0.29, 0.717) is 6.54 Å². The van der Waals surface area contributed by atoms with Gasteiger partial charge in [-0.2, -0.15) is 11.3 Å². The smallest absolute Gasteiger partial charge is 0.315 e. The molecule has 21 heavy (non-hydrogen) atoms. The van der Waals surface area contributed by atoms with Gasteiger partial charge in [-0.3, -0.25) is 0 Å². The summed E-state index contributed by atoms with van der Waals surface area (Å²) in [6.45, 7) is 4.35. The molecule has 0 spiro atoms. The summed E-state index contributed by atoms with van der Waals surface area (Å²) >= 11 is 1.52. The van der Waals surface area contributed by atoms with E-state index >= 15 is 0 Å². The highest BCUT2D eigenvalue weighted by Crippen LogP contribution is 2.21. The Hall–Kier alpha value is -1.85. The van der Waals surface area contributed by atoms with Gasteiger partial charge in [0.15, 0.2) is 0 Å². The molecule has 2 rings (SSSR count). The topological polar surface area (TPSA) is 61.4 Å². The van der Waals surface area contributed by atoms with E-state index in [1.54, 1.807) is 6.92 Å². The third kappa shape index (κ3) is 4.58. The van der Waals surface area contributed by atoms with Crippen molar-refractivity contribution in [3.8, 4) is 0 Å². The maximum Gasteiger partial charge on any atom is 0.315 e. The van der Waals surface area contributed by atoms with Crippen LogP contribution < -0.4 is 10.6 Å². The van der Waals surface area contributed by atoms with E-state index in [2.05, 4.69) is 10.6 Å². The molecule has 0 saturated heterocycles. The highest BCUT2D eigenvalue weighted by Gasteiger charge is 2.23. The summed E-state index contributed by atoms with van der Waals surface area (Å²) in [6.07, 6.45) is 0. The number of benzene rings is 1. The molecular weight excluding hydrogens is 284 g/mol. The zero-order valence-corrected chi connectivity index (χ0v) is 13.0. The number of nitrogens with one attached hydrogen (secondary N) is 2. The maximum atomic E-state index is 11.8. The van der Waals surface area contributed by atoms with Crippen molar-refractivity contribution in [3.63, 3.8) is 0 Å². The van der Waals surface area contributed by atoms with Gasteiger partial charge >= 0.3 is 6.03 Å². The van der Waals surface area contributed by atoms with Gasteiger partial charge in [-0.1, -0.05) is 29.8 Å². The average molecular weight is 304 g/mol. The minimum atomic E-state index is -1.05. The lowest BCUT2D eigenvalue weighted by molar-refractivity contribution is 0.0598. The van der Waals surface area contributed by atoms with E-state index in [4.69, 9.17) is 0 Å². The van der Waals surface area contributed by atoms with Gasteiger partial charge in [-0.15, -0.1) is 0 Å². The molecule has 112 valence electrons. The zero-order valence-electron chi connectivity index (χ0n) is 12.2.